The van der Waals surface area contributed by atoms with Crippen molar-refractivity contribution in [1.82, 2.24) is 0 Å². The Hall–Kier alpha value is -0.680. The summed E-state index contributed by atoms with van der Waals surface area (Å²) < 4.78 is 13.5. The Bertz CT molecular complexity index is 215. The van der Waals surface area contributed by atoms with E-state index in [1.54, 1.807) is 0 Å². The van der Waals surface area contributed by atoms with Gasteiger partial charge in [0.1, 0.15) is 5.67 Å². The lowest BCUT2D eigenvalue weighted by molar-refractivity contribution is -0.147. The van der Waals surface area contributed by atoms with Crippen LogP contribution >= 0.6 is 0 Å². The lowest BCUT2D eigenvalue weighted by Gasteiger charge is -2.31. The minimum atomic E-state index is -1.92. The monoisotopic (exact) mass is 176 g/mol. The predicted octanol–water partition coefficient (Wildman–Crippen LogP) is -0.382. The molecule has 0 aromatic rings. The van der Waals surface area contributed by atoms with Gasteiger partial charge in [-0.3, -0.25) is 4.79 Å². The van der Waals surface area contributed by atoms with E-state index in [0.717, 1.165) is 0 Å². The van der Waals surface area contributed by atoms with Crippen molar-refractivity contribution in [3.63, 3.8) is 0 Å². The van der Waals surface area contributed by atoms with Crippen molar-refractivity contribution in [3.05, 3.63) is 0 Å². The summed E-state index contributed by atoms with van der Waals surface area (Å²) in [5.74, 6) is -1.36. The van der Waals surface area contributed by atoms with Crippen molar-refractivity contribution in [1.29, 1.82) is 0 Å². The first-order chi connectivity index (χ1) is 5.34. The van der Waals surface area contributed by atoms with Crippen molar-refractivity contribution in [2.75, 3.05) is 0 Å². The average molecular weight is 176 g/mol. The van der Waals surface area contributed by atoms with Crippen molar-refractivity contribution >= 4 is 5.97 Å². The van der Waals surface area contributed by atoms with E-state index in [9.17, 15) is 9.18 Å². The molecule has 0 amide bonds. The second-order valence-corrected chi connectivity index (χ2v) is 3.43. The second-order valence-electron chi connectivity index (χ2n) is 3.43. The average Bonchev–Trinajstić information content (AvgIpc) is 2.66. The Balaban J connectivity index is 2.94. The first-order valence-corrected chi connectivity index (χ1v) is 3.81. The summed E-state index contributed by atoms with van der Waals surface area (Å²) in [7, 11) is 0. The van der Waals surface area contributed by atoms with Crippen molar-refractivity contribution < 1.29 is 14.3 Å². The molecular formula is C7H13FN2O2. The van der Waals surface area contributed by atoms with E-state index in [1.807, 2.05) is 0 Å². The zero-order valence-corrected chi connectivity index (χ0v) is 6.88. The molecule has 1 aliphatic rings. The van der Waals surface area contributed by atoms with E-state index in [4.69, 9.17) is 16.6 Å². The highest BCUT2D eigenvalue weighted by molar-refractivity contribution is 5.82. The van der Waals surface area contributed by atoms with Crippen molar-refractivity contribution in [3.8, 4) is 0 Å². The Morgan fingerprint density at radius 1 is 1.75 bits per heavy atom. The van der Waals surface area contributed by atoms with E-state index in [0.29, 0.717) is 0 Å². The number of nitrogens with two attached hydrogens (primary N) is 2. The van der Waals surface area contributed by atoms with Gasteiger partial charge in [-0.15, -0.1) is 0 Å². The molecule has 0 aromatic carbocycles. The predicted molar refractivity (Wildman–Crippen MR) is 41.3 cm³/mol. The summed E-state index contributed by atoms with van der Waals surface area (Å²) in [6.45, 7) is 1.41. The van der Waals surface area contributed by atoms with E-state index >= 15 is 0 Å². The minimum Gasteiger partial charge on any atom is -0.480 e. The van der Waals surface area contributed by atoms with Crippen LogP contribution in [-0.4, -0.2) is 28.3 Å². The number of rotatable bonds is 3. The molecule has 2 atom stereocenters. The van der Waals surface area contributed by atoms with Crippen LogP contribution in [0.15, 0.2) is 0 Å². The quantitative estimate of drug-likeness (QED) is 0.546. The van der Waals surface area contributed by atoms with E-state index < -0.39 is 23.2 Å². The van der Waals surface area contributed by atoms with Crippen LogP contribution in [0.3, 0.4) is 0 Å². The van der Waals surface area contributed by atoms with Crippen LogP contribution in [0, 0.1) is 0 Å². The molecule has 5 N–H and O–H groups in total. The van der Waals surface area contributed by atoms with Gasteiger partial charge in [-0.1, -0.05) is 0 Å². The molecule has 0 aliphatic heterocycles. The molecule has 1 saturated carbocycles. The van der Waals surface area contributed by atoms with Crippen LogP contribution in [0.2, 0.25) is 0 Å². The van der Waals surface area contributed by atoms with Crippen LogP contribution in [0.4, 0.5) is 4.39 Å². The fraction of sp³-hybridized carbons (Fsp3) is 0.857. The van der Waals surface area contributed by atoms with Crippen molar-refractivity contribution in [2.24, 2.45) is 11.5 Å². The van der Waals surface area contributed by atoms with Gasteiger partial charge in [0, 0.05) is 6.04 Å². The molecule has 1 rings (SSSR count). The van der Waals surface area contributed by atoms with Gasteiger partial charge in [-0.05, 0) is 19.8 Å². The smallest absolute Gasteiger partial charge is 0.328 e. The highest BCUT2D eigenvalue weighted by Gasteiger charge is 2.65. The van der Waals surface area contributed by atoms with Crippen LogP contribution in [0.5, 0.6) is 0 Å². The van der Waals surface area contributed by atoms with Gasteiger partial charge in [0.15, 0.2) is 5.54 Å². The molecule has 0 bridgehead atoms. The lowest BCUT2D eigenvalue weighted by Crippen LogP contribution is -2.66. The van der Waals surface area contributed by atoms with Crippen molar-refractivity contribution in [2.45, 2.75) is 37.0 Å². The highest BCUT2D eigenvalue weighted by Crippen LogP contribution is 2.48. The molecule has 0 spiro atoms. The van der Waals surface area contributed by atoms with Crippen LogP contribution in [-0.2, 0) is 4.79 Å². The number of carboxylic acids is 1. The Morgan fingerprint density at radius 2 is 2.17 bits per heavy atom. The number of carbonyl (C=O) groups is 1. The van der Waals surface area contributed by atoms with Gasteiger partial charge >= 0.3 is 5.97 Å². The third-order valence-corrected chi connectivity index (χ3v) is 2.50. The molecule has 70 valence electrons. The van der Waals surface area contributed by atoms with Gasteiger partial charge in [-0.25, -0.2) is 4.39 Å². The zero-order chi connectivity index (χ0) is 9.57. The molecule has 0 saturated heterocycles. The molecule has 1 fully saturated rings. The fourth-order valence-corrected chi connectivity index (χ4v) is 1.32. The summed E-state index contributed by atoms with van der Waals surface area (Å²) in [4.78, 5) is 10.7. The Morgan fingerprint density at radius 3 is 2.25 bits per heavy atom. The number of aliphatic carboxylic acids is 1. The number of carboxylic acid groups (broad SMARTS) is 1. The molecule has 12 heavy (non-hydrogen) atoms. The fourth-order valence-electron chi connectivity index (χ4n) is 1.32. The van der Waals surface area contributed by atoms with Crippen LogP contribution in [0.1, 0.15) is 19.8 Å². The second kappa shape index (κ2) is 2.40. The molecule has 2 unspecified atom stereocenters. The number of hydrogen-bond donors (Lipinski definition) is 3. The Labute approximate surface area is 69.7 Å². The van der Waals surface area contributed by atoms with Gasteiger partial charge in [0.05, 0.1) is 0 Å². The maximum absolute atomic E-state index is 13.5. The third-order valence-electron chi connectivity index (χ3n) is 2.50. The number of halogens is 1. The number of alkyl halides is 1. The first kappa shape index (κ1) is 9.41. The standard InChI is InChI=1S/C7H13FN2O2/c1-4(9)7(10,5(11)12)6(8)2-3-6/h4H,2-3,9-10H2,1H3,(H,11,12). The molecular weight excluding hydrogens is 163 g/mol. The first-order valence-electron chi connectivity index (χ1n) is 3.81. The maximum Gasteiger partial charge on any atom is 0.328 e. The van der Waals surface area contributed by atoms with Gasteiger partial charge in [-0.2, -0.15) is 0 Å². The molecule has 0 heterocycles. The van der Waals surface area contributed by atoms with Crippen LogP contribution in [0.25, 0.3) is 0 Å². The third kappa shape index (κ3) is 1.01. The minimum absolute atomic E-state index is 0.192. The Kier molecular flexibility index (Phi) is 1.88. The highest BCUT2D eigenvalue weighted by atomic mass is 19.1. The van der Waals surface area contributed by atoms with Gasteiger partial charge in [0.25, 0.3) is 0 Å². The van der Waals surface area contributed by atoms with E-state index in [1.165, 1.54) is 6.92 Å². The summed E-state index contributed by atoms with van der Waals surface area (Å²) in [5.41, 5.74) is 7.05. The van der Waals surface area contributed by atoms with Gasteiger partial charge in [0.2, 0.25) is 0 Å². The molecule has 4 nitrogen and oxygen atoms in total. The lowest BCUT2D eigenvalue weighted by atomic mass is 9.85. The summed E-state index contributed by atoms with van der Waals surface area (Å²) in [6.07, 6.45) is 0.384. The topological polar surface area (TPSA) is 89.3 Å². The summed E-state index contributed by atoms with van der Waals surface area (Å²) in [6, 6.07) is -0.887. The summed E-state index contributed by atoms with van der Waals surface area (Å²) >= 11 is 0. The summed E-state index contributed by atoms with van der Waals surface area (Å²) in [5, 5.41) is 8.73. The van der Waals surface area contributed by atoms with Gasteiger partial charge < -0.3 is 16.6 Å². The number of hydrogen-bond acceptors (Lipinski definition) is 3. The van der Waals surface area contributed by atoms with E-state index in [-0.39, 0.29) is 12.8 Å². The molecule has 0 aromatic heterocycles. The SMILES string of the molecule is CC(N)C(N)(C(=O)O)C1(F)CC1. The largest absolute Gasteiger partial charge is 0.480 e. The van der Waals surface area contributed by atoms with E-state index in [2.05, 4.69) is 0 Å². The normalized spacial score (nSPS) is 27.3. The molecule has 0 radical (unpaired) electrons. The van der Waals surface area contributed by atoms with Crippen LogP contribution < -0.4 is 11.5 Å². The zero-order valence-electron chi connectivity index (χ0n) is 6.88. The molecule has 1 aliphatic carbocycles. The maximum atomic E-state index is 13.5. The molecule has 5 heteroatoms.